The van der Waals surface area contributed by atoms with E-state index >= 15 is 0 Å². The van der Waals surface area contributed by atoms with Crippen molar-refractivity contribution in [1.29, 1.82) is 0 Å². The number of hydrogen-bond acceptors (Lipinski definition) is 6. The van der Waals surface area contributed by atoms with Gasteiger partial charge in [0.05, 0.1) is 24.0 Å². The summed E-state index contributed by atoms with van der Waals surface area (Å²) in [5, 5.41) is 3.09. The number of amides is 1. The van der Waals surface area contributed by atoms with E-state index in [2.05, 4.69) is 20.2 Å². The van der Waals surface area contributed by atoms with Crippen molar-refractivity contribution in [3.63, 3.8) is 0 Å². The summed E-state index contributed by atoms with van der Waals surface area (Å²) >= 11 is 0. The molecule has 2 heterocycles. The highest BCUT2D eigenvalue weighted by molar-refractivity contribution is 5.92. The fraction of sp³-hybridized carbons (Fsp3) is 0.706. The number of aromatic nitrogens is 2. The Morgan fingerprint density at radius 3 is 2.79 bits per heavy atom. The molecule has 1 N–H and O–H groups in total. The number of hydrogen-bond donors (Lipinski definition) is 1. The molecule has 2 aliphatic rings. The Hall–Kier alpha value is -1.73. The number of nitrogens with one attached hydrogen (secondary N) is 1. The maximum Gasteiger partial charge on any atom is 0.271 e. The van der Waals surface area contributed by atoms with Crippen LogP contribution in [0.3, 0.4) is 0 Å². The van der Waals surface area contributed by atoms with E-state index in [0.29, 0.717) is 11.5 Å². The highest BCUT2D eigenvalue weighted by Gasteiger charge is 2.50. The molecular weight excluding hydrogens is 306 g/mol. The van der Waals surface area contributed by atoms with Gasteiger partial charge in [0.2, 0.25) is 0 Å². The van der Waals surface area contributed by atoms with Gasteiger partial charge < -0.3 is 19.9 Å². The SMILES string of the molecule is CN(C)CCN(C)c1cncc(C(=O)NC2CCC23CCCO3)n1. The maximum absolute atomic E-state index is 12.5. The third-order valence-electron chi connectivity index (χ3n) is 5.06. The molecule has 132 valence electrons. The van der Waals surface area contributed by atoms with Crippen LogP contribution in [0.2, 0.25) is 0 Å². The van der Waals surface area contributed by atoms with Gasteiger partial charge in [0.1, 0.15) is 11.5 Å². The van der Waals surface area contributed by atoms with E-state index in [1.54, 1.807) is 6.20 Å². The first kappa shape index (κ1) is 17.1. The molecule has 1 saturated carbocycles. The molecule has 3 rings (SSSR count). The van der Waals surface area contributed by atoms with Gasteiger partial charge in [-0.1, -0.05) is 0 Å². The lowest BCUT2D eigenvalue weighted by molar-refractivity contribution is -0.0832. The second-order valence-corrected chi connectivity index (χ2v) is 7.07. The molecule has 2 unspecified atom stereocenters. The van der Waals surface area contributed by atoms with Crippen molar-refractivity contribution in [3.05, 3.63) is 18.1 Å². The van der Waals surface area contributed by atoms with E-state index < -0.39 is 0 Å². The van der Waals surface area contributed by atoms with Crippen LogP contribution in [0.15, 0.2) is 12.4 Å². The molecule has 1 amide bonds. The molecule has 1 aromatic heterocycles. The summed E-state index contributed by atoms with van der Waals surface area (Å²) < 4.78 is 5.88. The molecule has 0 bridgehead atoms. The minimum atomic E-state index is -0.162. The Bertz CT molecular complexity index is 586. The number of ether oxygens (including phenoxy) is 1. The van der Waals surface area contributed by atoms with Gasteiger partial charge in [0.15, 0.2) is 0 Å². The fourth-order valence-electron chi connectivity index (χ4n) is 3.35. The van der Waals surface area contributed by atoms with Gasteiger partial charge in [0.25, 0.3) is 5.91 Å². The molecule has 7 heteroatoms. The molecule has 24 heavy (non-hydrogen) atoms. The first-order chi connectivity index (χ1) is 11.5. The van der Waals surface area contributed by atoms with Crippen molar-refractivity contribution in [2.24, 2.45) is 0 Å². The van der Waals surface area contributed by atoms with Gasteiger partial charge in [0, 0.05) is 26.7 Å². The molecule has 7 nitrogen and oxygen atoms in total. The van der Waals surface area contributed by atoms with Gasteiger partial charge in [-0.05, 0) is 39.8 Å². The second kappa shape index (κ2) is 7.03. The van der Waals surface area contributed by atoms with E-state index in [-0.39, 0.29) is 17.6 Å². The van der Waals surface area contributed by atoms with Crippen molar-refractivity contribution in [3.8, 4) is 0 Å². The molecule has 2 atom stereocenters. The Kier molecular flexibility index (Phi) is 5.01. The molecular formula is C17H27N5O2. The third kappa shape index (κ3) is 3.52. The number of likely N-dealkylation sites (N-methyl/N-ethyl adjacent to an activating group) is 2. The van der Waals surface area contributed by atoms with Crippen LogP contribution in [0.25, 0.3) is 0 Å². The van der Waals surface area contributed by atoms with Crippen molar-refractivity contribution in [2.75, 3.05) is 45.7 Å². The summed E-state index contributed by atoms with van der Waals surface area (Å²) in [7, 11) is 6.02. The Balaban J connectivity index is 1.62. The summed E-state index contributed by atoms with van der Waals surface area (Å²) in [6, 6.07) is 0.101. The number of carbonyl (C=O) groups is 1. The van der Waals surface area contributed by atoms with Crippen LogP contribution in [0, 0.1) is 0 Å². The van der Waals surface area contributed by atoms with E-state index in [9.17, 15) is 4.79 Å². The lowest BCUT2D eigenvalue weighted by Crippen LogP contribution is -2.60. The molecule has 1 aromatic rings. The summed E-state index contributed by atoms with van der Waals surface area (Å²) in [5.74, 6) is 0.551. The van der Waals surface area contributed by atoms with Gasteiger partial charge in [-0.2, -0.15) is 0 Å². The van der Waals surface area contributed by atoms with Crippen LogP contribution in [-0.2, 0) is 4.74 Å². The second-order valence-electron chi connectivity index (χ2n) is 7.07. The predicted octanol–water partition coefficient (Wildman–Crippen LogP) is 0.916. The summed E-state index contributed by atoms with van der Waals surface area (Å²) in [6.45, 7) is 2.54. The van der Waals surface area contributed by atoms with Crippen LogP contribution < -0.4 is 10.2 Å². The number of anilines is 1. The van der Waals surface area contributed by atoms with Gasteiger partial charge >= 0.3 is 0 Å². The smallest absolute Gasteiger partial charge is 0.271 e. The average molecular weight is 333 g/mol. The molecule has 1 aliphatic carbocycles. The standard InChI is InChI=1S/C17H27N5O2/c1-21(2)8-9-22(3)15-12-18-11-13(19-15)16(23)20-14-5-7-17(14)6-4-10-24-17/h11-12,14H,4-10H2,1-3H3,(H,20,23). The zero-order chi connectivity index (χ0) is 17.2. The van der Waals surface area contributed by atoms with E-state index in [1.807, 2.05) is 26.0 Å². The monoisotopic (exact) mass is 333 g/mol. The molecule has 1 saturated heterocycles. The molecule has 2 fully saturated rings. The normalized spacial score (nSPS) is 25.8. The summed E-state index contributed by atoms with van der Waals surface area (Å²) in [5.41, 5.74) is 0.243. The zero-order valence-corrected chi connectivity index (χ0v) is 14.8. The topological polar surface area (TPSA) is 70.6 Å². The Labute approximate surface area is 143 Å². The number of rotatable bonds is 6. The third-order valence-corrected chi connectivity index (χ3v) is 5.06. The Morgan fingerprint density at radius 2 is 2.17 bits per heavy atom. The number of nitrogens with zero attached hydrogens (tertiary/aromatic N) is 4. The lowest BCUT2D eigenvalue weighted by atomic mass is 9.73. The highest BCUT2D eigenvalue weighted by Crippen LogP contribution is 2.43. The molecule has 1 spiro atoms. The van der Waals surface area contributed by atoms with Crippen molar-refractivity contribution < 1.29 is 9.53 Å². The Morgan fingerprint density at radius 1 is 1.33 bits per heavy atom. The van der Waals surface area contributed by atoms with Crippen LogP contribution in [-0.4, -0.2) is 73.3 Å². The largest absolute Gasteiger partial charge is 0.373 e. The molecule has 0 radical (unpaired) electrons. The van der Waals surface area contributed by atoms with Crippen molar-refractivity contribution in [1.82, 2.24) is 20.2 Å². The van der Waals surface area contributed by atoms with Gasteiger partial charge in [-0.3, -0.25) is 9.78 Å². The van der Waals surface area contributed by atoms with E-state index in [4.69, 9.17) is 4.74 Å². The van der Waals surface area contributed by atoms with Crippen molar-refractivity contribution >= 4 is 11.7 Å². The minimum Gasteiger partial charge on any atom is -0.373 e. The summed E-state index contributed by atoms with van der Waals surface area (Å²) in [6.07, 6.45) is 7.35. The first-order valence-electron chi connectivity index (χ1n) is 8.63. The zero-order valence-electron chi connectivity index (χ0n) is 14.8. The van der Waals surface area contributed by atoms with Gasteiger partial charge in [-0.15, -0.1) is 0 Å². The van der Waals surface area contributed by atoms with E-state index in [1.165, 1.54) is 6.20 Å². The average Bonchev–Trinajstić information content (AvgIpc) is 3.08. The van der Waals surface area contributed by atoms with Crippen LogP contribution in [0.5, 0.6) is 0 Å². The maximum atomic E-state index is 12.5. The fourth-order valence-corrected chi connectivity index (χ4v) is 3.35. The van der Waals surface area contributed by atoms with Crippen LogP contribution >= 0.6 is 0 Å². The van der Waals surface area contributed by atoms with Crippen molar-refractivity contribution in [2.45, 2.75) is 37.3 Å². The minimum absolute atomic E-state index is 0.101. The van der Waals surface area contributed by atoms with Crippen LogP contribution in [0.1, 0.15) is 36.2 Å². The molecule has 1 aliphatic heterocycles. The number of carbonyl (C=O) groups excluding carboxylic acids is 1. The highest BCUT2D eigenvalue weighted by atomic mass is 16.5. The lowest BCUT2D eigenvalue weighted by Gasteiger charge is -2.46. The predicted molar refractivity (Wildman–Crippen MR) is 92.3 cm³/mol. The summed E-state index contributed by atoms with van der Waals surface area (Å²) in [4.78, 5) is 25.3. The molecule has 0 aromatic carbocycles. The van der Waals surface area contributed by atoms with Gasteiger partial charge in [-0.25, -0.2) is 4.98 Å². The van der Waals surface area contributed by atoms with E-state index in [0.717, 1.165) is 45.4 Å². The van der Waals surface area contributed by atoms with Crippen LogP contribution in [0.4, 0.5) is 5.82 Å². The first-order valence-corrected chi connectivity index (χ1v) is 8.63. The quantitative estimate of drug-likeness (QED) is 0.835.